The van der Waals surface area contributed by atoms with Gasteiger partial charge in [-0.05, 0) is 42.8 Å². The molecular formula is C23H30N2O3. The van der Waals surface area contributed by atoms with Gasteiger partial charge in [-0.1, -0.05) is 32.0 Å². The lowest BCUT2D eigenvalue weighted by atomic mass is 10.0. The molecule has 2 aromatic rings. The van der Waals surface area contributed by atoms with E-state index >= 15 is 0 Å². The highest BCUT2D eigenvalue weighted by atomic mass is 16.5. The van der Waals surface area contributed by atoms with Gasteiger partial charge in [0.1, 0.15) is 18.1 Å². The second-order valence-corrected chi connectivity index (χ2v) is 7.60. The minimum atomic E-state index is 0.0691. The lowest BCUT2D eigenvalue weighted by Gasteiger charge is -2.32. The van der Waals surface area contributed by atoms with Gasteiger partial charge in [-0.2, -0.15) is 0 Å². The predicted molar refractivity (Wildman–Crippen MR) is 111 cm³/mol. The molecule has 1 heterocycles. The number of nitrogens with zero attached hydrogens (tertiary/aromatic N) is 2. The lowest BCUT2D eigenvalue weighted by Crippen LogP contribution is -2.47. The summed E-state index contributed by atoms with van der Waals surface area (Å²) in [6, 6.07) is 13.7. The molecule has 0 atom stereocenters. The molecule has 1 saturated heterocycles. The zero-order chi connectivity index (χ0) is 20.1. The van der Waals surface area contributed by atoms with Gasteiger partial charge in [-0.25, -0.2) is 0 Å². The number of carbonyl (C=O) groups is 1. The van der Waals surface area contributed by atoms with E-state index in [2.05, 4.69) is 31.9 Å². The molecule has 150 valence electrons. The molecule has 1 fully saturated rings. The first kappa shape index (κ1) is 20.2. The first-order chi connectivity index (χ1) is 13.5. The highest BCUT2D eigenvalue weighted by molar-refractivity contribution is 5.94. The van der Waals surface area contributed by atoms with Crippen LogP contribution < -0.4 is 9.47 Å². The van der Waals surface area contributed by atoms with Gasteiger partial charge in [0, 0.05) is 37.3 Å². The third kappa shape index (κ3) is 4.65. The van der Waals surface area contributed by atoms with E-state index in [9.17, 15) is 4.79 Å². The average molecular weight is 383 g/mol. The summed E-state index contributed by atoms with van der Waals surface area (Å²) in [7, 11) is 3.72. The Hall–Kier alpha value is -2.53. The van der Waals surface area contributed by atoms with Gasteiger partial charge < -0.3 is 19.3 Å². The molecule has 0 N–H and O–H groups in total. The molecule has 0 radical (unpaired) electrons. The van der Waals surface area contributed by atoms with Crippen LogP contribution in [0.15, 0.2) is 42.5 Å². The van der Waals surface area contributed by atoms with Gasteiger partial charge in [0.2, 0.25) is 0 Å². The van der Waals surface area contributed by atoms with Crippen molar-refractivity contribution >= 4 is 5.91 Å². The minimum absolute atomic E-state index is 0.0691. The first-order valence-electron chi connectivity index (χ1n) is 9.86. The van der Waals surface area contributed by atoms with Crippen LogP contribution in [0, 0.1) is 0 Å². The number of methoxy groups -OCH3 is 1. The summed E-state index contributed by atoms with van der Waals surface area (Å²) in [6.07, 6.45) is 0. The summed E-state index contributed by atoms with van der Waals surface area (Å²) in [5.41, 5.74) is 2.73. The molecule has 1 aliphatic rings. The van der Waals surface area contributed by atoms with Crippen LogP contribution in [-0.4, -0.2) is 56.0 Å². The van der Waals surface area contributed by atoms with E-state index in [-0.39, 0.29) is 5.91 Å². The Morgan fingerprint density at radius 3 is 2.43 bits per heavy atom. The molecule has 1 aliphatic heterocycles. The summed E-state index contributed by atoms with van der Waals surface area (Å²) >= 11 is 0. The maximum absolute atomic E-state index is 12.9. The number of hydrogen-bond acceptors (Lipinski definition) is 4. The SMILES string of the molecule is COc1ccc(C(=O)N2CCN(C)CC2)cc1COc1ccccc1C(C)C. The Morgan fingerprint density at radius 2 is 1.75 bits per heavy atom. The Kier molecular flexibility index (Phi) is 6.57. The van der Waals surface area contributed by atoms with Crippen LogP contribution in [0.5, 0.6) is 11.5 Å². The second kappa shape index (κ2) is 9.11. The fourth-order valence-electron chi connectivity index (χ4n) is 3.46. The molecule has 0 aliphatic carbocycles. The highest BCUT2D eigenvalue weighted by Crippen LogP contribution is 2.28. The van der Waals surface area contributed by atoms with Gasteiger partial charge in [0.15, 0.2) is 0 Å². The number of carbonyl (C=O) groups excluding carboxylic acids is 1. The zero-order valence-corrected chi connectivity index (χ0v) is 17.3. The average Bonchev–Trinajstić information content (AvgIpc) is 2.72. The van der Waals surface area contributed by atoms with Gasteiger partial charge in [-0.3, -0.25) is 4.79 Å². The molecule has 5 heteroatoms. The fraction of sp³-hybridized carbons (Fsp3) is 0.435. The number of para-hydroxylation sites is 1. The molecule has 2 aromatic carbocycles. The maximum Gasteiger partial charge on any atom is 0.253 e. The number of piperazine rings is 1. The number of hydrogen-bond donors (Lipinski definition) is 0. The van der Waals surface area contributed by atoms with Crippen LogP contribution in [0.3, 0.4) is 0 Å². The molecule has 0 spiro atoms. The molecule has 0 unspecified atom stereocenters. The van der Waals surface area contributed by atoms with E-state index in [4.69, 9.17) is 9.47 Å². The standard InChI is InChI=1S/C23H30N2O3/c1-17(2)20-7-5-6-8-22(20)28-16-19-15-18(9-10-21(19)27-4)23(26)25-13-11-24(3)12-14-25/h5-10,15,17H,11-14,16H2,1-4H3. The van der Waals surface area contributed by atoms with E-state index < -0.39 is 0 Å². The number of rotatable bonds is 6. The second-order valence-electron chi connectivity index (χ2n) is 7.60. The Bertz CT molecular complexity index is 811. The van der Waals surface area contributed by atoms with Crippen molar-refractivity contribution in [3.05, 3.63) is 59.2 Å². The zero-order valence-electron chi connectivity index (χ0n) is 17.3. The molecule has 0 bridgehead atoms. The Morgan fingerprint density at radius 1 is 1.04 bits per heavy atom. The minimum Gasteiger partial charge on any atom is -0.496 e. The van der Waals surface area contributed by atoms with Crippen molar-refractivity contribution < 1.29 is 14.3 Å². The van der Waals surface area contributed by atoms with Crippen LogP contribution >= 0.6 is 0 Å². The molecule has 0 aromatic heterocycles. The first-order valence-corrected chi connectivity index (χ1v) is 9.86. The Balaban J connectivity index is 1.77. The molecule has 3 rings (SSSR count). The molecule has 0 saturated carbocycles. The summed E-state index contributed by atoms with van der Waals surface area (Å²) in [5.74, 6) is 2.05. The van der Waals surface area contributed by atoms with Crippen LogP contribution in [0.1, 0.15) is 41.3 Å². The monoisotopic (exact) mass is 382 g/mol. The molecule has 28 heavy (non-hydrogen) atoms. The molecule has 5 nitrogen and oxygen atoms in total. The van der Waals surface area contributed by atoms with Crippen molar-refractivity contribution in [3.8, 4) is 11.5 Å². The van der Waals surface area contributed by atoms with Crippen molar-refractivity contribution in [2.24, 2.45) is 0 Å². The summed E-state index contributed by atoms with van der Waals surface area (Å²) in [5, 5.41) is 0. The van der Waals surface area contributed by atoms with Gasteiger partial charge in [0.05, 0.1) is 7.11 Å². The number of ether oxygens (including phenoxy) is 2. The third-order valence-electron chi connectivity index (χ3n) is 5.24. The van der Waals surface area contributed by atoms with Crippen molar-refractivity contribution in [2.75, 3.05) is 40.3 Å². The van der Waals surface area contributed by atoms with Crippen LogP contribution in [-0.2, 0) is 6.61 Å². The van der Waals surface area contributed by atoms with Gasteiger partial charge in [-0.15, -0.1) is 0 Å². The number of benzene rings is 2. The van der Waals surface area contributed by atoms with Crippen molar-refractivity contribution in [3.63, 3.8) is 0 Å². The number of amides is 1. The quantitative estimate of drug-likeness (QED) is 0.762. The van der Waals surface area contributed by atoms with Gasteiger partial charge in [0.25, 0.3) is 5.91 Å². The van der Waals surface area contributed by atoms with E-state index in [1.54, 1.807) is 7.11 Å². The third-order valence-corrected chi connectivity index (χ3v) is 5.24. The van der Waals surface area contributed by atoms with Crippen molar-refractivity contribution in [1.82, 2.24) is 9.80 Å². The van der Waals surface area contributed by atoms with Crippen LogP contribution in [0.4, 0.5) is 0 Å². The van der Waals surface area contributed by atoms with Crippen molar-refractivity contribution in [2.45, 2.75) is 26.4 Å². The number of likely N-dealkylation sites (N-methyl/N-ethyl adjacent to an activating group) is 1. The predicted octanol–water partition coefficient (Wildman–Crippen LogP) is 3.79. The van der Waals surface area contributed by atoms with Crippen molar-refractivity contribution in [1.29, 1.82) is 0 Å². The summed E-state index contributed by atoms with van der Waals surface area (Å²) in [6.45, 7) is 7.99. The van der Waals surface area contributed by atoms with E-state index in [1.165, 1.54) is 5.56 Å². The Labute approximate surface area is 167 Å². The van der Waals surface area contributed by atoms with E-state index in [0.717, 1.165) is 43.2 Å². The maximum atomic E-state index is 12.9. The molecule has 1 amide bonds. The van der Waals surface area contributed by atoms with E-state index in [1.807, 2.05) is 41.3 Å². The van der Waals surface area contributed by atoms with Crippen LogP contribution in [0.25, 0.3) is 0 Å². The largest absolute Gasteiger partial charge is 0.496 e. The van der Waals surface area contributed by atoms with E-state index in [0.29, 0.717) is 18.1 Å². The molecular weight excluding hydrogens is 352 g/mol. The van der Waals surface area contributed by atoms with Gasteiger partial charge >= 0.3 is 0 Å². The lowest BCUT2D eigenvalue weighted by molar-refractivity contribution is 0.0664. The summed E-state index contributed by atoms with van der Waals surface area (Å²) < 4.78 is 11.6. The fourth-order valence-corrected chi connectivity index (χ4v) is 3.46. The topological polar surface area (TPSA) is 42.0 Å². The summed E-state index contributed by atoms with van der Waals surface area (Å²) in [4.78, 5) is 17.1. The normalized spacial score (nSPS) is 15.0. The smallest absolute Gasteiger partial charge is 0.253 e. The highest BCUT2D eigenvalue weighted by Gasteiger charge is 2.21. The van der Waals surface area contributed by atoms with Crippen LogP contribution in [0.2, 0.25) is 0 Å².